The van der Waals surface area contributed by atoms with E-state index in [9.17, 15) is 13.2 Å². The SMILES string of the molecule is Cc1ccc(C)c(NS(=O)(=O)c2ccc(NC(=O)/C=C/c3ccccc3Cl)cc2)c1. The van der Waals surface area contributed by atoms with Gasteiger partial charge in [-0.25, -0.2) is 8.42 Å². The molecule has 2 N–H and O–H groups in total. The Morgan fingerprint density at radius 2 is 1.67 bits per heavy atom. The van der Waals surface area contributed by atoms with Gasteiger partial charge in [0.1, 0.15) is 0 Å². The van der Waals surface area contributed by atoms with Gasteiger partial charge in [0, 0.05) is 16.8 Å². The first-order chi connectivity index (χ1) is 14.2. The fourth-order valence-corrected chi connectivity index (χ4v) is 4.05. The van der Waals surface area contributed by atoms with Gasteiger partial charge in [0.25, 0.3) is 10.0 Å². The highest BCUT2D eigenvalue weighted by Gasteiger charge is 2.15. The van der Waals surface area contributed by atoms with Crippen LogP contribution < -0.4 is 10.0 Å². The maximum atomic E-state index is 12.7. The van der Waals surface area contributed by atoms with E-state index in [4.69, 9.17) is 11.6 Å². The van der Waals surface area contributed by atoms with Gasteiger partial charge in [0.2, 0.25) is 5.91 Å². The van der Waals surface area contributed by atoms with Crippen molar-refractivity contribution in [1.29, 1.82) is 0 Å². The predicted octanol–water partition coefficient (Wildman–Crippen LogP) is 5.41. The van der Waals surface area contributed by atoms with E-state index >= 15 is 0 Å². The molecule has 0 saturated carbocycles. The van der Waals surface area contributed by atoms with Crippen LogP contribution >= 0.6 is 11.6 Å². The van der Waals surface area contributed by atoms with Crippen LogP contribution in [0, 0.1) is 13.8 Å². The van der Waals surface area contributed by atoms with Crippen molar-refractivity contribution in [2.45, 2.75) is 18.7 Å². The van der Waals surface area contributed by atoms with Gasteiger partial charge in [0.15, 0.2) is 0 Å². The summed E-state index contributed by atoms with van der Waals surface area (Å²) in [6, 6.07) is 18.7. The van der Waals surface area contributed by atoms with Gasteiger partial charge in [-0.15, -0.1) is 0 Å². The van der Waals surface area contributed by atoms with E-state index in [-0.39, 0.29) is 10.8 Å². The van der Waals surface area contributed by atoms with Crippen molar-refractivity contribution in [2.75, 3.05) is 10.0 Å². The number of benzene rings is 3. The molecule has 0 heterocycles. The molecule has 0 unspecified atom stereocenters. The normalized spacial score (nSPS) is 11.4. The smallest absolute Gasteiger partial charge is 0.261 e. The van der Waals surface area contributed by atoms with Crippen LogP contribution in [0.2, 0.25) is 5.02 Å². The van der Waals surface area contributed by atoms with Crippen LogP contribution in [0.4, 0.5) is 11.4 Å². The lowest BCUT2D eigenvalue weighted by molar-refractivity contribution is -0.111. The number of hydrogen-bond acceptors (Lipinski definition) is 3. The van der Waals surface area contributed by atoms with Crippen LogP contribution in [0.25, 0.3) is 6.08 Å². The summed E-state index contributed by atoms with van der Waals surface area (Å²) in [5.74, 6) is -0.348. The zero-order valence-corrected chi connectivity index (χ0v) is 18.1. The largest absolute Gasteiger partial charge is 0.323 e. The molecule has 0 aromatic heterocycles. The van der Waals surface area contributed by atoms with Crippen molar-refractivity contribution in [3.8, 4) is 0 Å². The lowest BCUT2D eigenvalue weighted by Crippen LogP contribution is -2.14. The Balaban J connectivity index is 1.69. The van der Waals surface area contributed by atoms with Crippen LogP contribution in [-0.4, -0.2) is 14.3 Å². The summed E-state index contributed by atoms with van der Waals surface area (Å²) in [6.07, 6.45) is 2.98. The second kappa shape index (κ2) is 9.15. The van der Waals surface area contributed by atoms with E-state index in [0.717, 1.165) is 16.7 Å². The number of anilines is 2. The minimum absolute atomic E-state index is 0.105. The minimum Gasteiger partial charge on any atom is -0.323 e. The number of amides is 1. The van der Waals surface area contributed by atoms with E-state index in [1.54, 1.807) is 36.4 Å². The third-order valence-corrected chi connectivity index (χ3v) is 6.11. The van der Waals surface area contributed by atoms with Crippen molar-refractivity contribution < 1.29 is 13.2 Å². The van der Waals surface area contributed by atoms with Crippen LogP contribution in [0.1, 0.15) is 16.7 Å². The Morgan fingerprint density at radius 3 is 2.37 bits per heavy atom. The summed E-state index contributed by atoms with van der Waals surface area (Å²) in [5, 5.41) is 3.24. The summed E-state index contributed by atoms with van der Waals surface area (Å²) in [4.78, 5) is 12.2. The first kappa shape index (κ1) is 21.6. The Labute approximate surface area is 181 Å². The summed E-state index contributed by atoms with van der Waals surface area (Å²) >= 11 is 6.06. The second-order valence-electron chi connectivity index (χ2n) is 6.79. The average Bonchev–Trinajstić information content (AvgIpc) is 2.70. The molecule has 3 rings (SSSR count). The number of carbonyl (C=O) groups is 1. The number of halogens is 1. The molecule has 0 aliphatic heterocycles. The molecule has 0 saturated heterocycles. The molecule has 154 valence electrons. The number of carbonyl (C=O) groups excluding carboxylic acids is 1. The number of nitrogens with one attached hydrogen (secondary N) is 2. The molecule has 0 fully saturated rings. The maximum absolute atomic E-state index is 12.7. The highest BCUT2D eigenvalue weighted by atomic mass is 35.5. The molecule has 0 radical (unpaired) electrons. The number of sulfonamides is 1. The molecular weight excluding hydrogens is 420 g/mol. The van der Waals surface area contributed by atoms with Crippen molar-refractivity contribution in [1.82, 2.24) is 0 Å². The van der Waals surface area contributed by atoms with Crippen LogP contribution in [0.15, 0.2) is 77.7 Å². The topological polar surface area (TPSA) is 75.3 Å². The molecule has 3 aromatic carbocycles. The molecule has 30 heavy (non-hydrogen) atoms. The summed E-state index contributed by atoms with van der Waals surface area (Å²) < 4.78 is 27.9. The lowest BCUT2D eigenvalue weighted by atomic mass is 10.1. The lowest BCUT2D eigenvalue weighted by Gasteiger charge is -2.12. The van der Waals surface area contributed by atoms with Gasteiger partial charge < -0.3 is 5.32 Å². The monoisotopic (exact) mass is 440 g/mol. The second-order valence-corrected chi connectivity index (χ2v) is 8.88. The van der Waals surface area contributed by atoms with Gasteiger partial charge in [-0.05, 0) is 73.0 Å². The Bertz CT molecular complexity index is 1200. The number of aryl methyl sites for hydroxylation is 2. The van der Waals surface area contributed by atoms with Crippen molar-refractivity contribution >= 4 is 45.0 Å². The van der Waals surface area contributed by atoms with Crippen LogP contribution in [0.5, 0.6) is 0 Å². The first-order valence-electron chi connectivity index (χ1n) is 9.18. The zero-order valence-electron chi connectivity index (χ0n) is 16.5. The van der Waals surface area contributed by atoms with Gasteiger partial charge in [-0.2, -0.15) is 0 Å². The number of hydrogen-bond donors (Lipinski definition) is 2. The van der Waals surface area contributed by atoms with E-state index in [2.05, 4.69) is 10.0 Å². The Kier molecular flexibility index (Phi) is 6.59. The Hall–Kier alpha value is -3.09. The molecular formula is C23H21ClN2O3S. The predicted molar refractivity (Wildman–Crippen MR) is 122 cm³/mol. The van der Waals surface area contributed by atoms with E-state index in [1.807, 2.05) is 38.1 Å². The summed E-state index contributed by atoms with van der Waals surface area (Å²) in [6.45, 7) is 3.74. The van der Waals surface area contributed by atoms with Crippen molar-refractivity contribution in [3.63, 3.8) is 0 Å². The van der Waals surface area contributed by atoms with Gasteiger partial charge in [0.05, 0.1) is 10.6 Å². The molecule has 0 aliphatic carbocycles. The highest BCUT2D eigenvalue weighted by Crippen LogP contribution is 2.22. The standard InChI is InChI=1S/C23H21ClN2O3S/c1-16-7-8-17(2)22(15-16)26-30(28,29)20-12-10-19(11-13-20)25-23(27)14-9-18-5-3-4-6-21(18)24/h3-15,26H,1-2H3,(H,25,27)/b14-9+. The fraction of sp³-hybridized carbons (Fsp3) is 0.0870. The van der Waals surface area contributed by atoms with E-state index < -0.39 is 10.0 Å². The highest BCUT2D eigenvalue weighted by molar-refractivity contribution is 7.92. The average molecular weight is 441 g/mol. The van der Waals surface area contributed by atoms with Crippen LogP contribution in [-0.2, 0) is 14.8 Å². The summed E-state index contributed by atoms with van der Waals surface area (Å²) in [5.41, 5.74) is 3.54. The third-order valence-electron chi connectivity index (χ3n) is 4.39. The minimum atomic E-state index is -3.74. The molecule has 0 spiro atoms. The number of rotatable bonds is 6. The molecule has 5 nitrogen and oxygen atoms in total. The van der Waals surface area contributed by atoms with E-state index in [1.165, 1.54) is 18.2 Å². The first-order valence-corrected chi connectivity index (χ1v) is 11.0. The van der Waals surface area contributed by atoms with Gasteiger partial charge >= 0.3 is 0 Å². The third kappa shape index (κ3) is 5.49. The molecule has 0 aliphatic rings. The molecule has 3 aromatic rings. The van der Waals surface area contributed by atoms with Gasteiger partial charge in [-0.3, -0.25) is 9.52 Å². The summed E-state index contributed by atoms with van der Waals surface area (Å²) in [7, 11) is -3.74. The quantitative estimate of drug-likeness (QED) is 0.503. The van der Waals surface area contributed by atoms with Gasteiger partial charge in [-0.1, -0.05) is 41.9 Å². The van der Waals surface area contributed by atoms with E-state index in [0.29, 0.717) is 16.4 Å². The van der Waals surface area contributed by atoms with Crippen LogP contribution in [0.3, 0.4) is 0 Å². The fourth-order valence-electron chi connectivity index (χ4n) is 2.73. The molecule has 0 atom stereocenters. The zero-order chi connectivity index (χ0) is 21.7. The Morgan fingerprint density at radius 1 is 0.967 bits per heavy atom. The van der Waals surface area contributed by atoms with Crippen molar-refractivity contribution in [2.24, 2.45) is 0 Å². The molecule has 7 heteroatoms. The molecule has 1 amide bonds. The van der Waals surface area contributed by atoms with Crippen molar-refractivity contribution in [3.05, 3.63) is 94.5 Å². The maximum Gasteiger partial charge on any atom is 0.261 e. The molecule has 0 bridgehead atoms.